The summed E-state index contributed by atoms with van der Waals surface area (Å²) in [6, 6.07) is 12.2. The van der Waals surface area contributed by atoms with Gasteiger partial charge in [-0.1, -0.05) is 12.1 Å². The summed E-state index contributed by atoms with van der Waals surface area (Å²) in [7, 11) is 0. The number of halogens is 1. The minimum Gasteiger partial charge on any atom is -0.489 e. The van der Waals surface area contributed by atoms with E-state index in [0.717, 1.165) is 33.9 Å². The van der Waals surface area contributed by atoms with Gasteiger partial charge in [0.05, 0.1) is 0 Å². The highest BCUT2D eigenvalue weighted by atomic mass is 32.2. The van der Waals surface area contributed by atoms with Crippen molar-refractivity contribution in [3.8, 4) is 5.75 Å². The van der Waals surface area contributed by atoms with Crippen molar-refractivity contribution in [1.29, 1.82) is 0 Å². The Morgan fingerprint density at radius 3 is 3.00 bits per heavy atom. The lowest BCUT2D eigenvalue weighted by atomic mass is 10.1. The number of rotatable bonds is 4. The first-order chi connectivity index (χ1) is 10.1. The minimum atomic E-state index is -0.222. The molecule has 0 N–H and O–H groups in total. The van der Waals surface area contributed by atoms with Gasteiger partial charge in [0.2, 0.25) is 0 Å². The molecule has 1 atom stereocenters. The number of fused-ring (bicyclic) bond motifs is 1. The van der Waals surface area contributed by atoms with Crippen molar-refractivity contribution in [2.45, 2.75) is 24.3 Å². The molecule has 0 saturated heterocycles. The molecular formula is C17H15FO2S. The summed E-state index contributed by atoms with van der Waals surface area (Å²) in [4.78, 5) is 12.4. The zero-order valence-electron chi connectivity index (χ0n) is 11.6. The molecule has 0 aliphatic carbocycles. The van der Waals surface area contributed by atoms with E-state index in [1.807, 2.05) is 24.3 Å². The van der Waals surface area contributed by atoms with E-state index in [0.29, 0.717) is 0 Å². The van der Waals surface area contributed by atoms with E-state index in [2.05, 4.69) is 0 Å². The summed E-state index contributed by atoms with van der Waals surface area (Å²) >= 11 is 1.65. The number of ketones is 1. The molecule has 1 aliphatic rings. The van der Waals surface area contributed by atoms with E-state index in [9.17, 15) is 9.18 Å². The van der Waals surface area contributed by atoms with Crippen LogP contribution in [0.25, 0.3) is 0 Å². The molecule has 0 fully saturated rings. The van der Waals surface area contributed by atoms with Crippen LogP contribution < -0.4 is 4.74 Å². The Morgan fingerprint density at radius 1 is 1.33 bits per heavy atom. The monoisotopic (exact) mass is 302 g/mol. The van der Waals surface area contributed by atoms with Gasteiger partial charge in [0.25, 0.3) is 0 Å². The number of thioether (sulfide) groups is 1. The zero-order valence-corrected chi connectivity index (χ0v) is 12.5. The van der Waals surface area contributed by atoms with Crippen molar-refractivity contribution in [3.05, 3.63) is 59.4 Å². The largest absolute Gasteiger partial charge is 0.489 e. The van der Waals surface area contributed by atoms with Crippen LogP contribution in [0.3, 0.4) is 0 Å². The fourth-order valence-corrected chi connectivity index (χ4v) is 3.33. The van der Waals surface area contributed by atoms with Gasteiger partial charge in [0, 0.05) is 28.2 Å². The summed E-state index contributed by atoms with van der Waals surface area (Å²) in [6.07, 6.45) is 0.778. The predicted octanol–water partition coefficient (Wildman–Crippen LogP) is 4.12. The third-order valence-electron chi connectivity index (χ3n) is 3.44. The van der Waals surface area contributed by atoms with Crippen molar-refractivity contribution in [2.24, 2.45) is 0 Å². The first-order valence-electron chi connectivity index (χ1n) is 6.81. The predicted molar refractivity (Wildman–Crippen MR) is 81.7 cm³/mol. The lowest BCUT2D eigenvalue weighted by Gasteiger charge is -2.10. The summed E-state index contributed by atoms with van der Waals surface area (Å²) < 4.78 is 19.0. The van der Waals surface area contributed by atoms with E-state index < -0.39 is 0 Å². The summed E-state index contributed by atoms with van der Waals surface area (Å²) in [5, 5.41) is 0. The smallest absolute Gasteiger partial charge is 0.159 e. The number of carbonyl (C=O) groups is 1. The lowest BCUT2D eigenvalue weighted by molar-refractivity contribution is 0.101. The van der Waals surface area contributed by atoms with Gasteiger partial charge in [0.1, 0.15) is 17.7 Å². The van der Waals surface area contributed by atoms with E-state index in [4.69, 9.17) is 4.74 Å². The highest BCUT2D eigenvalue weighted by Crippen LogP contribution is 2.32. The number of Topliss-reactive ketones (excluding diaryl/α,β-unsaturated/α-hetero) is 1. The van der Waals surface area contributed by atoms with Crippen LogP contribution in [0.2, 0.25) is 0 Å². The molecule has 3 rings (SSSR count). The molecule has 0 amide bonds. The van der Waals surface area contributed by atoms with Gasteiger partial charge in [-0.3, -0.25) is 4.79 Å². The normalized spacial score (nSPS) is 16.4. The molecule has 108 valence electrons. The van der Waals surface area contributed by atoms with Crippen molar-refractivity contribution in [2.75, 3.05) is 5.75 Å². The Balaban J connectivity index is 1.62. The van der Waals surface area contributed by atoms with Crippen LogP contribution in [0.5, 0.6) is 5.75 Å². The van der Waals surface area contributed by atoms with Crippen LogP contribution in [0.1, 0.15) is 22.8 Å². The van der Waals surface area contributed by atoms with Crippen LogP contribution in [0.15, 0.2) is 47.4 Å². The first-order valence-corrected chi connectivity index (χ1v) is 7.79. The van der Waals surface area contributed by atoms with Gasteiger partial charge in [-0.05, 0) is 37.3 Å². The molecule has 1 heterocycles. The second-order valence-corrected chi connectivity index (χ2v) is 6.18. The van der Waals surface area contributed by atoms with E-state index in [1.165, 1.54) is 12.1 Å². The van der Waals surface area contributed by atoms with Crippen LogP contribution >= 0.6 is 11.8 Å². The van der Waals surface area contributed by atoms with Gasteiger partial charge in [-0.2, -0.15) is 0 Å². The molecule has 0 aromatic heterocycles. The molecule has 2 nitrogen and oxygen atoms in total. The molecule has 0 radical (unpaired) electrons. The highest BCUT2D eigenvalue weighted by molar-refractivity contribution is 7.99. The topological polar surface area (TPSA) is 26.3 Å². The maximum absolute atomic E-state index is 13.2. The van der Waals surface area contributed by atoms with Crippen LogP contribution in [-0.4, -0.2) is 17.6 Å². The van der Waals surface area contributed by atoms with Crippen molar-refractivity contribution >= 4 is 17.5 Å². The Labute approximate surface area is 127 Å². The maximum atomic E-state index is 13.2. The quantitative estimate of drug-likeness (QED) is 0.627. The summed E-state index contributed by atoms with van der Waals surface area (Å²) in [5.41, 5.74) is 1.65. The van der Waals surface area contributed by atoms with E-state index in [-0.39, 0.29) is 17.7 Å². The Hall–Kier alpha value is -1.81. The Bertz CT molecular complexity index is 684. The van der Waals surface area contributed by atoms with Gasteiger partial charge < -0.3 is 4.74 Å². The molecule has 4 heteroatoms. The average Bonchev–Trinajstić information content (AvgIpc) is 2.87. The molecule has 1 unspecified atom stereocenters. The highest BCUT2D eigenvalue weighted by Gasteiger charge is 2.23. The van der Waals surface area contributed by atoms with Crippen LogP contribution in [0.4, 0.5) is 4.39 Å². The van der Waals surface area contributed by atoms with E-state index in [1.54, 1.807) is 24.8 Å². The second kappa shape index (κ2) is 5.90. The third kappa shape index (κ3) is 3.27. The van der Waals surface area contributed by atoms with Crippen LogP contribution in [-0.2, 0) is 6.42 Å². The Kier molecular flexibility index (Phi) is 3.97. The van der Waals surface area contributed by atoms with E-state index >= 15 is 0 Å². The molecule has 0 bridgehead atoms. The SMILES string of the molecule is CC(=O)c1cccc(SCC2Cc3cc(F)ccc3O2)c1. The molecule has 21 heavy (non-hydrogen) atoms. The molecule has 2 aromatic rings. The Morgan fingerprint density at radius 2 is 2.19 bits per heavy atom. The molecular weight excluding hydrogens is 287 g/mol. The zero-order chi connectivity index (χ0) is 14.8. The first kappa shape index (κ1) is 14.1. The standard InChI is InChI=1S/C17H15FO2S/c1-11(19)12-3-2-4-16(9-12)21-10-15-8-13-7-14(18)5-6-17(13)20-15/h2-7,9,15H,8,10H2,1H3. The fraction of sp³-hybridized carbons (Fsp3) is 0.235. The molecule has 0 saturated carbocycles. The number of ether oxygens (including phenoxy) is 1. The fourth-order valence-electron chi connectivity index (χ4n) is 2.38. The maximum Gasteiger partial charge on any atom is 0.159 e. The molecule has 2 aromatic carbocycles. The van der Waals surface area contributed by atoms with Gasteiger partial charge >= 0.3 is 0 Å². The summed E-state index contributed by atoms with van der Waals surface area (Å²) in [5.74, 6) is 1.40. The number of hydrogen-bond donors (Lipinski definition) is 0. The van der Waals surface area contributed by atoms with Gasteiger partial charge in [0.15, 0.2) is 5.78 Å². The lowest BCUT2D eigenvalue weighted by Crippen LogP contribution is -2.15. The van der Waals surface area contributed by atoms with Gasteiger partial charge in [-0.15, -0.1) is 11.8 Å². The van der Waals surface area contributed by atoms with Crippen LogP contribution in [0, 0.1) is 5.82 Å². The van der Waals surface area contributed by atoms with Crippen molar-refractivity contribution < 1.29 is 13.9 Å². The average molecular weight is 302 g/mol. The second-order valence-electron chi connectivity index (χ2n) is 5.09. The molecule has 0 spiro atoms. The number of carbonyl (C=O) groups excluding carboxylic acids is 1. The molecule has 1 aliphatic heterocycles. The number of hydrogen-bond acceptors (Lipinski definition) is 3. The third-order valence-corrected chi connectivity index (χ3v) is 4.57. The number of benzene rings is 2. The van der Waals surface area contributed by atoms with Crippen molar-refractivity contribution in [1.82, 2.24) is 0 Å². The summed E-state index contributed by atoms with van der Waals surface area (Å²) in [6.45, 7) is 1.56. The minimum absolute atomic E-state index is 0.0489. The van der Waals surface area contributed by atoms with Crippen molar-refractivity contribution in [3.63, 3.8) is 0 Å². The van der Waals surface area contributed by atoms with Gasteiger partial charge in [-0.25, -0.2) is 4.39 Å².